The molecule has 2 amide bonds. The highest BCUT2D eigenvalue weighted by Gasteiger charge is 2.27. The van der Waals surface area contributed by atoms with Gasteiger partial charge in [-0.2, -0.15) is 0 Å². The average Bonchev–Trinajstić information content (AvgIpc) is 3.23. The van der Waals surface area contributed by atoms with Crippen molar-refractivity contribution < 1.29 is 14.3 Å². The molecule has 0 aromatic heterocycles. The molecule has 0 saturated carbocycles. The number of amides is 2. The van der Waals surface area contributed by atoms with E-state index in [2.05, 4.69) is 46.9 Å². The molecule has 30 heavy (non-hydrogen) atoms. The lowest BCUT2D eigenvalue weighted by Crippen LogP contribution is -2.41. The summed E-state index contributed by atoms with van der Waals surface area (Å²) < 4.78 is 7.05. The first-order valence-electron chi connectivity index (χ1n) is 10.5. The van der Waals surface area contributed by atoms with E-state index >= 15 is 0 Å². The van der Waals surface area contributed by atoms with Crippen LogP contribution in [0.4, 0.5) is 0 Å². The highest BCUT2D eigenvalue weighted by atomic mass is 127. The van der Waals surface area contributed by atoms with Crippen molar-refractivity contribution in [2.75, 3.05) is 40.3 Å². The molecule has 0 bridgehead atoms. The van der Waals surface area contributed by atoms with E-state index in [1.54, 1.807) is 13.3 Å². The summed E-state index contributed by atoms with van der Waals surface area (Å²) in [5.41, 5.74) is 6.37. The monoisotopic (exact) mass is 529 g/mol. The van der Waals surface area contributed by atoms with Crippen molar-refractivity contribution in [3.05, 3.63) is 33.8 Å². The molecule has 1 aromatic carbocycles. The summed E-state index contributed by atoms with van der Waals surface area (Å²) in [5, 5.41) is 3.33. The summed E-state index contributed by atoms with van der Waals surface area (Å²) in [6, 6.07) is 6.25. The Morgan fingerprint density at radius 2 is 2.17 bits per heavy atom. The van der Waals surface area contributed by atoms with Crippen molar-refractivity contribution in [1.82, 2.24) is 15.1 Å². The predicted octanol–water partition coefficient (Wildman–Crippen LogP) is 2.03. The molecule has 1 radical (unpaired) electrons. The molecule has 7 nitrogen and oxygen atoms in total. The van der Waals surface area contributed by atoms with Crippen molar-refractivity contribution in [3.63, 3.8) is 0 Å². The van der Waals surface area contributed by atoms with Crippen molar-refractivity contribution in [2.45, 2.75) is 38.8 Å². The molecule has 1 aliphatic rings. The SMILES string of the molecule is C[C@@H](C[CH]C(=O)N(Cc1ccc(I)c(OCCCN(C)C)c1)[C@H]1CCNC1)C(N)=O. The van der Waals surface area contributed by atoms with E-state index in [0.29, 0.717) is 19.6 Å². The number of halogens is 1. The van der Waals surface area contributed by atoms with Gasteiger partial charge < -0.3 is 25.6 Å². The Balaban J connectivity index is 2.04. The Labute approximate surface area is 193 Å². The molecule has 1 aromatic rings. The molecule has 0 unspecified atom stereocenters. The molecule has 2 atom stereocenters. The summed E-state index contributed by atoms with van der Waals surface area (Å²) in [6.07, 6.45) is 3.83. The fourth-order valence-corrected chi connectivity index (χ4v) is 3.81. The number of ether oxygens (including phenoxy) is 1. The second-order valence-corrected chi connectivity index (χ2v) is 9.29. The van der Waals surface area contributed by atoms with E-state index in [4.69, 9.17) is 10.5 Å². The summed E-state index contributed by atoms with van der Waals surface area (Å²) in [4.78, 5) is 28.3. The van der Waals surface area contributed by atoms with E-state index in [1.807, 2.05) is 23.1 Å². The van der Waals surface area contributed by atoms with Crippen LogP contribution >= 0.6 is 22.6 Å². The number of benzene rings is 1. The van der Waals surface area contributed by atoms with Crippen LogP contribution < -0.4 is 15.8 Å². The van der Waals surface area contributed by atoms with Gasteiger partial charge in [0.25, 0.3) is 0 Å². The highest BCUT2D eigenvalue weighted by Crippen LogP contribution is 2.25. The number of nitrogens with two attached hydrogens (primary N) is 1. The summed E-state index contributed by atoms with van der Waals surface area (Å²) >= 11 is 2.28. The van der Waals surface area contributed by atoms with Gasteiger partial charge in [0.2, 0.25) is 11.8 Å². The van der Waals surface area contributed by atoms with E-state index in [-0.39, 0.29) is 23.8 Å². The maximum atomic E-state index is 12.9. The minimum absolute atomic E-state index is 0.0520. The number of carbonyl (C=O) groups is 2. The van der Waals surface area contributed by atoms with Crippen molar-refractivity contribution in [1.29, 1.82) is 0 Å². The van der Waals surface area contributed by atoms with Crippen LogP contribution in [0.1, 0.15) is 31.7 Å². The van der Waals surface area contributed by atoms with Gasteiger partial charge in [-0.15, -0.1) is 0 Å². The number of nitrogens with one attached hydrogen (secondary N) is 1. The zero-order valence-corrected chi connectivity index (χ0v) is 20.4. The summed E-state index contributed by atoms with van der Waals surface area (Å²) in [7, 11) is 4.10. The third-order valence-electron chi connectivity index (χ3n) is 5.25. The van der Waals surface area contributed by atoms with Crippen LogP contribution in [0.5, 0.6) is 5.75 Å². The molecule has 8 heteroatoms. The quantitative estimate of drug-likeness (QED) is 0.320. The highest BCUT2D eigenvalue weighted by molar-refractivity contribution is 14.1. The van der Waals surface area contributed by atoms with Crippen LogP contribution in [0, 0.1) is 15.9 Å². The first-order chi connectivity index (χ1) is 14.3. The molecule has 1 aliphatic heterocycles. The van der Waals surface area contributed by atoms with Crippen molar-refractivity contribution >= 4 is 34.4 Å². The Bertz CT molecular complexity index is 708. The van der Waals surface area contributed by atoms with E-state index < -0.39 is 0 Å². The van der Waals surface area contributed by atoms with Crippen LogP contribution in [-0.2, 0) is 16.1 Å². The Kier molecular flexibility index (Phi) is 10.3. The van der Waals surface area contributed by atoms with Crippen molar-refractivity contribution in [3.8, 4) is 5.75 Å². The van der Waals surface area contributed by atoms with Crippen LogP contribution in [0.25, 0.3) is 0 Å². The Hall–Kier alpha value is -1.39. The minimum atomic E-state index is -0.387. The topological polar surface area (TPSA) is 87.9 Å². The molecular formula is C22H34IN4O3. The van der Waals surface area contributed by atoms with E-state index in [0.717, 1.165) is 47.4 Å². The lowest BCUT2D eigenvalue weighted by Gasteiger charge is -2.29. The second-order valence-electron chi connectivity index (χ2n) is 8.13. The second kappa shape index (κ2) is 12.5. The molecule has 167 valence electrons. The van der Waals surface area contributed by atoms with Gasteiger partial charge in [0.05, 0.1) is 16.6 Å². The Morgan fingerprint density at radius 1 is 1.40 bits per heavy atom. The first-order valence-corrected chi connectivity index (χ1v) is 11.6. The van der Waals surface area contributed by atoms with Gasteiger partial charge in [-0.3, -0.25) is 9.59 Å². The van der Waals surface area contributed by atoms with E-state index in [9.17, 15) is 9.59 Å². The molecule has 0 spiro atoms. The van der Waals surface area contributed by atoms with Gasteiger partial charge in [-0.1, -0.05) is 13.0 Å². The number of carbonyl (C=O) groups excluding carboxylic acids is 2. The van der Waals surface area contributed by atoms with Gasteiger partial charge in [-0.25, -0.2) is 0 Å². The third kappa shape index (κ3) is 8.03. The molecule has 2 rings (SSSR count). The van der Waals surface area contributed by atoms with Crippen LogP contribution in [0.15, 0.2) is 18.2 Å². The zero-order chi connectivity index (χ0) is 22.1. The zero-order valence-electron chi connectivity index (χ0n) is 18.2. The normalized spacial score (nSPS) is 17.2. The van der Waals surface area contributed by atoms with Crippen LogP contribution in [0.2, 0.25) is 0 Å². The number of nitrogens with zero attached hydrogens (tertiary/aromatic N) is 2. The van der Waals surface area contributed by atoms with Gasteiger partial charge in [0.15, 0.2) is 0 Å². The predicted molar refractivity (Wildman–Crippen MR) is 127 cm³/mol. The summed E-state index contributed by atoms with van der Waals surface area (Å²) in [5.74, 6) is 0.0683. The number of hydrogen-bond acceptors (Lipinski definition) is 5. The minimum Gasteiger partial charge on any atom is -0.492 e. The Morgan fingerprint density at radius 3 is 2.80 bits per heavy atom. The fourth-order valence-electron chi connectivity index (χ4n) is 3.32. The van der Waals surface area contributed by atoms with Gasteiger partial charge in [0.1, 0.15) is 5.75 Å². The largest absolute Gasteiger partial charge is 0.492 e. The van der Waals surface area contributed by atoms with Gasteiger partial charge in [0, 0.05) is 31.6 Å². The maximum absolute atomic E-state index is 12.9. The molecule has 0 aliphatic carbocycles. The average molecular weight is 529 g/mol. The number of rotatable bonds is 12. The summed E-state index contributed by atoms with van der Waals surface area (Å²) in [6.45, 7) is 5.57. The molecule has 1 saturated heterocycles. The standard InChI is InChI=1S/C22H34IN4O3/c1-16(22(24)29)5-8-21(28)27(18-9-10-25-14-18)15-17-6-7-19(23)20(13-17)30-12-4-11-26(2)3/h6-8,13,16,18,25H,4-5,9-12,14-15H2,1-3H3,(H2,24,29)/t16-,18-/m0/s1. The fraction of sp³-hybridized carbons (Fsp3) is 0.591. The number of primary amides is 1. The molecule has 3 N–H and O–H groups in total. The molecule has 1 heterocycles. The first kappa shape index (κ1) is 24.9. The molecular weight excluding hydrogens is 495 g/mol. The maximum Gasteiger partial charge on any atom is 0.227 e. The van der Waals surface area contributed by atoms with Crippen LogP contribution in [-0.4, -0.2) is 68.0 Å². The van der Waals surface area contributed by atoms with E-state index in [1.165, 1.54) is 0 Å². The van der Waals surface area contributed by atoms with Crippen molar-refractivity contribution in [2.24, 2.45) is 11.7 Å². The van der Waals surface area contributed by atoms with Gasteiger partial charge in [-0.05, 0) is 80.2 Å². The molecule has 1 fully saturated rings. The third-order valence-corrected chi connectivity index (χ3v) is 6.14. The smallest absolute Gasteiger partial charge is 0.227 e. The lowest BCUT2D eigenvalue weighted by molar-refractivity contribution is -0.130. The van der Waals surface area contributed by atoms with Gasteiger partial charge >= 0.3 is 0 Å². The number of hydrogen-bond donors (Lipinski definition) is 2. The van der Waals surface area contributed by atoms with Crippen LogP contribution in [0.3, 0.4) is 0 Å². The lowest BCUT2D eigenvalue weighted by atomic mass is 10.0.